The molecule has 2 rings (SSSR count). The Balaban J connectivity index is 1.88. The van der Waals surface area contributed by atoms with Crippen LogP contribution in [0.1, 0.15) is 5.56 Å². The van der Waals surface area contributed by atoms with Gasteiger partial charge >= 0.3 is 0 Å². The number of thiazole rings is 1. The highest BCUT2D eigenvalue weighted by molar-refractivity contribution is 7.14. The molecule has 0 aliphatic carbocycles. The summed E-state index contributed by atoms with van der Waals surface area (Å²) in [5, 5.41) is 6.56. The number of ether oxygens (including phenoxy) is 1. The smallest absolute Gasteiger partial charge is 0.205 e. The van der Waals surface area contributed by atoms with Crippen LogP contribution < -0.4 is 15.9 Å². The van der Waals surface area contributed by atoms with E-state index in [9.17, 15) is 0 Å². The van der Waals surface area contributed by atoms with E-state index in [0.717, 1.165) is 17.9 Å². The lowest BCUT2D eigenvalue weighted by Gasteiger charge is -2.11. The first-order valence-corrected chi connectivity index (χ1v) is 7.39. The number of aromatic nitrogens is 1. The minimum absolute atomic E-state index is 0.494. The number of hydrazone groups is 1. The summed E-state index contributed by atoms with van der Waals surface area (Å²) in [6, 6.07) is 7.77. The summed E-state index contributed by atoms with van der Waals surface area (Å²) in [6.45, 7) is 1.54. The third-order valence-corrected chi connectivity index (χ3v) is 3.33. The van der Waals surface area contributed by atoms with Gasteiger partial charge in [-0.15, -0.1) is 11.3 Å². The van der Waals surface area contributed by atoms with E-state index in [0.29, 0.717) is 17.6 Å². The van der Waals surface area contributed by atoms with Gasteiger partial charge in [-0.2, -0.15) is 5.10 Å². The van der Waals surface area contributed by atoms with Crippen molar-refractivity contribution in [2.75, 3.05) is 38.4 Å². The summed E-state index contributed by atoms with van der Waals surface area (Å²) in [6.07, 6.45) is 1.72. The Morgan fingerprint density at radius 3 is 3.05 bits per heavy atom. The fourth-order valence-corrected chi connectivity index (χ4v) is 2.08. The lowest BCUT2D eigenvalue weighted by atomic mass is 10.2. The fraction of sp³-hybridized carbons (Fsp3) is 0.286. The van der Waals surface area contributed by atoms with Gasteiger partial charge in [0.25, 0.3) is 0 Å². The largest absolute Gasteiger partial charge is 0.492 e. The number of hydrogen-bond donors (Lipinski definition) is 2. The number of anilines is 2. The Kier molecular flexibility index (Phi) is 5.53. The number of nitrogens with zero attached hydrogens (tertiary/aromatic N) is 3. The van der Waals surface area contributed by atoms with Crippen LogP contribution in [0.4, 0.5) is 10.9 Å². The van der Waals surface area contributed by atoms with Gasteiger partial charge < -0.3 is 15.4 Å². The Hall–Kier alpha value is -2.12. The molecule has 21 heavy (non-hydrogen) atoms. The molecule has 112 valence electrons. The topological polar surface area (TPSA) is 75.8 Å². The second-order valence-corrected chi connectivity index (χ2v) is 5.53. The van der Waals surface area contributed by atoms with Crippen LogP contribution in [0.15, 0.2) is 34.7 Å². The van der Waals surface area contributed by atoms with Crippen molar-refractivity contribution in [1.29, 1.82) is 0 Å². The Bertz CT molecular complexity index is 597. The zero-order valence-electron chi connectivity index (χ0n) is 12.1. The molecule has 0 amide bonds. The van der Waals surface area contributed by atoms with E-state index in [-0.39, 0.29) is 0 Å². The first-order valence-electron chi connectivity index (χ1n) is 6.51. The molecule has 0 saturated carbocycles. The Morgan fingerprint density at radius 1 is 1.48 bits per heavy atom. The zero-order chi connectivity index (χ0) is 15.1. The molecular formula is C14H19N5OS. The van der Waals surface area contributed by atoms with Crippen molar-refractivity contribution in [2.24, 2.45) is 5.10 Å². The van der Waals surface area contributed by atoms with E-state index in [4.69, 9.17) is 10.5 Å². The number of nitrogen functional groups attached to an aromatic ring is 1. The molecule has 0 aliphatic rings. The highest BCUT2D eigenvalue weighted by Crippen LogP contribution is 2.16. The molecular weight excluding hydrogens is 286 g/mol. The highest BCUT2D eigenvalue weighted by atomic mass is 32.1. The quantitative estimate of drug-likeness (QED) is 0.605. The summed E-state index contributed by atoms with van der Waals surface area (Å²) in [4.78, 5) is 6.14. The molecule has 1 aromatic heterocycles. The predicted molar refractivity (Wildman–Crippen MR) is 88.2 cm³/mol. The minimum atomic E-state index is 0.494. The van der Waals surface area contributed by atoms with E-state index < -0.39 is 0 Å². The average molecular weight is 305 g/mol. The third kappa shape index (κ3) is 5.41. The number of benzene rings is 1. The summed E-state index contributed by atoms with van der Waals surface area (Å²) >= 11 is 1.41. The average Bonchev–Trinajstić information content (AvgIpc) is 2.85. The van der Waals surface area contributed by atoms with Gasteiger partial charge in [-0.1, -0.05) is 12.1 Å². The molecule has 3 N–H and O–H groups in total. The van der Waals surface area contributed by atoms with E-state index in [1.54, 1.807) is 11.6 Å². The normalized spacial score (nSPS) is 11.2. The van der Waals surface area contributed by atoms with E-state index in [1.165, 1.54) is 11.3 Å². The molecule has 0 atom stereocenters. The molecule has 0 spiro atoms. The maximum atomic E-state index is 5.67. The number of nitrogens with two attached hydrogens (primary N) is 1. The molecule has 0 saturated heterocycles. The second-order valence-electron chi connectivity index (χ2n) is 4.67. The molecule has 2 aromatic rings. The Labute approximate surface area is 128 Å². The van der Waals surface area contributed by atoms with Crippen LogP contribution in [0.25, 0.3) is 0 Å². The summed E-state index contributed by atoms with van der Waals surface area (Å²) in [5.41, 5.74) is 9.33. The maximum Gasteiger partial charge on any atom is 0.205 e. The van der Waals surface area contributed by atoms with Crippen LogP contribution in [0, 0.1) is 0 Å². The maximum absolute atomic E-state index is 5.67. The van der Waals surface area contributed by atoms with E-state index in [1.807, 2.05) is 38.4 Å². The van der Waals surface area contributed by atoms with Crippen LogP contribution in [0.2, 0.25) is 0 Å². The zero-order valence-corrected chi connectivity index (χ0v) is 12.9. The number of hydrogen-bond acceptors (Lipinski definition) is 7. The molecule has 0 aliphatic heterocycles. The molecule has 0 unspecified atom stereocenters. The molecule has 7 heteroatoms. The van der Waals surface area contributed by atoms with Crippen LogP contribution >= 0.6 is 11.3 Å². The summed E-state index contributed by atoms with van der Waals surface area (Å²) in [5.74, 6) is 1.33. The monoisotopic (exact) mass is 305 g/mol. The first-order chi connectivity index (χ1) is 10.1. The SMILES string of the molecule is CN(C)CCOc1cccc(C=NNc2nc(N)cs2)c1. The molecule has 0 radical (unpaired) electrons. The van der Waals surface area contributed by atoms with Gasteiger partial charge in [0.2, 0.25) is 5.13 Å². The fourth-order valence-electron chi connectivity index (χ4n) is 1.53. The predicted octanol–water partition coefficient (Wildman–Crippen LogP) is 2.11. The van der Waals surface area contributed by atoms with Crippen molar-refractivity contribution < 1.29 is 4.74 Å². The van der Waals surface area contributed by atoms with Gasteiger partial charge in [0, 0.05) is 11.9 Å². The van der Waals surface area contributed by atoms with Crippen molar-refractivity contribution >= 4 is 28.5 Å². The molecule has 0 bridgehead atoms. The molecule has 1 heterocycles. The van der Waals surface area contributed by atoms with Gasteiger partial charge in [-0.25, -0.2) is 4.98 Å². The van der Waals surface area contributed by atoms with Gasteiger partial charge in [0.15, 0.2) is 0 Å². The van der Waals surface area contributed by atoms with Crippen LogP contribution in [0.5, 0.6) is 5.75 Å². The van der Waals surface area contributed by atoms with Crippen molar-refractivity contribution in [3.8, 4) is 5.75 Å². The minimum Gasteiger partial charge on any atom is -0.492 e. The number of nitrogens with one attached hydrogen (secondary N) is 1. The second kappa shape index (κ2) is 7.61. The van der Waals surface area contributed by atoms with Crippen molar-refractivity contribution in [2.45, 2.75) is 0 Å². The third-order valence-electron chi connectivity index (χ3n) is 2.56. The van der Waals surface area contributed by atoms with Crippen LogP contribution in [-0.2, 0) is 0 Å². The summed E-state index contributed by atoms with van der Waals surface area (Å²) < 4.78 is 5.67. The summed E-state index contributed by atoms with van der Waals surface area (Å²) in [7, 11) is 4.03. The van der Waals surface area contributed by atoms with E-state index in [2.05, 4.69) is 20.4 Å². The Morgan fingerprint density at radius 2 is 2.33 bits per heavy atom. The standard InChI is InChI=1S/C14H19N5OS/c1-19(2)6-7-20-12-5-3-4-11(8-12)9-16-18-14-17-13(15)10-21-14/h3-5,8-10H,6-7,15H2,1-2H3,(H,17,18). The van der Waals surface area contributed by atoms with Gasteiger partial charge in [-0.05, 0) is 31.8 Å². The lowest BCUT2D eigenvalue weighted by Crippen LogP contribution is -2.19. The van der Waals surface area contributed by atoms with Gasteiger partial charge in [0.05, 0.1) is 6.21 Å². The molecule has 1 aromatic carbocycles. The number of rotatable bonds is 7. The van der Waals surface area contributed by atoms with Crippen molar-refractivity contribution in [1.82, 2.24) is 9.88 Å². The van der Waals surface area contributed by atoms with Crippen LogP contribution in [-0.4, -0.2) is 43.3 Å². The molecule has 0 fully saturated rings. The highest BCUT2D eigenvalue weighted by Gasteiger charge is 1.97. The van der Waals surface area contributed by atoms with E-state index >= 15 is 0 Å². The van der Waals surface area contributed by atoms with Gasteiger partial charge in [-0.3, -0.25) is 5.43 Å². The van der Waals surface area contributed by atoms with Gasteiger partial charge in [0.1, 0.15) is 18.2 Å². The first kappa shape index (κ1) is 15.3. The van der Waals surface area contributed by atoms with Crippen molar-refractivity contribution in [3.63, 3.8) is 0 Å². The lowest BCUT2D eigenvalue weighted by molar-refractivity contribution is 0.261. The van der Waals surface area contributed by atoms with Crippen molar-refractivity contribution in [3.05, 3.63) is 35.2 Å². The molecule has 6 nitrogen and oxygen atoms in total. The van der Waals surface area contributed by atoms with Crippen LogP contribution in [0.3, 0.4) is 0 Å². The number of likely N-dealkylation sites (N-methyl/N-ethyl adjacent to an activating group) is 1.